The van der Waals surface area contributed by atoms with E-state index in [9.17, 15) is 0 Å². The monoisotopic (exact) mass is 235 g/mol. The smallest absolute Gasteiger partial charge is 0.119 e. The molecule has 1 aliphatic rings. The van der Waals surface area contributed by atoms with Gasteiger partial charge in [-0.05, 0) is 43.4 Å². The minimum Gasteiger partial charge on any atom is -0.493 e. The summed E-state index contributed by atoms with van der Waals surface area (Å²) < 4.78 is 11.2. The van der Waals surface area contributed by atoms with E-state index < -0.39 is 0 Å². The maximum absolute atomic E-state index is 5.85. The molecule has 1 aromatic rings. The lowest BCUT2D eigenvalue weighted by molar-refractivity contribution is 0.0497. The van der Waals surface area contributed by atoms with Crippen molar-refractivity contribution in [3.63, 3.8) is 0 Å². The van der Waals surface area contributed by atoms with Gasteiger partial charge in [0.15, 0.2) is 0 Å². The van der Waals surface area contributed by atoms with Crippen molar-refractivity contribution in [1.82, 2.24) is 0 Å². The zero-order valence-electron chi connectivity index (χ0n) is 10.4. The van der Waals surface area contributed by atoms with E-state index in [2.05, 4.69) is 0 Å². The lowest BCUT2D eigenvalue weighted by atomic mass is 10.0. The van der Waals surface area contributed by atoms with Crippen molar-refractivity contribution >= 4 is 0 Å². The average molecular weight is 235 g/mol. The number of nitrogens with two attached hydrogens (primary N) is 1. The van der Waals surface area contributed by atoms with E-state index in [-0.39, 0.29) is 6.04 Å². The molecule has 1 saturated heterocycles. The molecule has 3 heteroatoms. The van der Waals surface area contributed by atoms with Crippen molar-refractivity contribution in [2.45, 2.75) is 25.8 Å². The maximum Gasteiger partial charge on any atom is 0.119 e. The fourth-order valence-electron chi connectivity index (χ4n) is 2.01. The van der Waals surface area contributed by atoms with Crippen LogP contribution in [0.5, 0.6) is 5.75 Å². The summed E-state index contributed by atoms with van der Waals surface area (Å²) in [5, 5.41) is 0. The van der Waals surface area contributed by atoms with Crippen molar-refractivity contribution in [2.75, 3.05) is 19.8 Å². The Kier molecular flexibility index (Phi) is 4.40. The van der Waals surface area contributed by atoms with Crippen molar-refractivity contribution in [2.24, 2.45) is 11.7 Å². The number of hydrogen-bond acceptors (Lipinski definition) is 3. The Bertz CT molecular complexity index is 346. The van der Waals surface area contributed by atoms with Crippen molar-refractivity contribution in [3.8, 4) is 5.75 Å². The Labute approximate surface area is 103 Å². The second kappa shape index (κ2) is 6.03. The van der Waals surface area contributed by atoms with Crippen LogP contribution in [-0.2, 0) is 4.74 Å². The van der Waals surface area contributed by atoms with Gasteiger partial charge in [-0.1, -0.05) is 12.1 Å². The molecular formula is C14H21NO2. The van der Waals surface area contributed by atoms with Gasteiger partial charge in [-0.3, -0.25) is 0 Å². The normalized spacial score (nSPS) is 18.9. The molecular weight excluding hydrogens is 214 g/mol. The third kappa shape index (κ3) is 3.72. The second-order valence-electron chi connectivity index (χ2n) is 4.73. The standard InChI is InChI=1S/C14H21NO2/c1-11(15)13-3-2-4-14(9-13)17-10-12-5-7-16-8-6-12/h2-4,9,11-12H,5-8,10,15H2,1H3/t11-/m0/s1. The summed E-state index contributed by atoms with van der Waals surface area (Å²) in [5.74, 6) is 1.55. The van der Waals surface area contributed by atoms with E-state index in [0.717, 1.165) is 44.0 Å². The van der Waals surface area contributed by atoms with E-state index >= 15 is 0 Å². The van der Waals surface area contributed by atoms with Gasteiger partial charge in [-0.25, -0.2) is 0 Å². The molecule has 17 heavy (non-hydrogen) atoms. The van der Waals surface area contributed by atoms with Crippen molar-refractivity contribution in [3.05, 3.63) is 29.8 Å². The van der Waals surface area contributed by atoms with Gasteiger partial charge in [0.2, 0.25) is 0 Å². The molecule has 0 amide bonds. The van der Waals surface area contributed by atoms with Gasteiger partial charge in [0.05, 0.1) is 6.61 Å². The highest BCUT2D eigenvalue weighted by Gasteiger charge is 2.14. The highest BCUT2D eigenvalue weighted by molar-refractivity contribution is 5.30. The minimum absolute atomic E-state index is 0.0571. The minimum atomic E-state index is 0.0571. The first kappa shape index (κ1) is 12.4. The van der Waals surface area contributed by atoms with Gasteiger partial charge < -0.3 is 15.2 Å². The van der Waals surface area contributed by atoms with Crippen LogP contribution in [0.1, 0.15) is 31.4 Å². The number of rotatable bonds is 4. The summed E-state index contributed by atoms with van der Waals surface area (Å²) in [7, 11) is 0. The van der Waals surface area contributed by atoms with Gasteiger partial charge in [0, 0.05) is 19.3 Å². The quantitative estimate of drug-likeness (QED) is 0.872. The first-order valence-electron chi connectivity index (χ1n) is 6.32. The number of ether oxygens (including phenoxy) is 2. The third-order valence-electron chi connectivity index (χ3n) is 3.21. The van der Waals surface area contributed by atoms with Crippen LogP contribution in [0.15, 0.2) is 24.3 Å². The van der Waals surface area contributed by atoms with Gasteiger partial charge >= 0.3 is 0 Å². The topological polar surface area (TPSA) is 44.5 Å². The molecule has 0 aliphatic carbocycles. The first-order chi connectivity index (χ1) is 8.25. The predicted molar refractivity (Wildman–Crippen MR) is 68.1 cm³/mol. The molecule has 2 rings (SSSR count). The first-order valence-corrected chi connectivity index (χ1v) is 6.32. The van der Waals surface area contributed by atoms with E-state index in [1.165, 1.54) is 0 Å². The molecule has 1 fully saturated rings. The molecule has 0 aromatic heterocycles. The van der Waals surface area contributed by atoms with Crippen LogP contribution < -0.4 is 10.5 Å². The van der Waals surface area contributed by atoms with Crippen LogP contribution in [0.4, 0.5) is 0 Å². The maximum atomic E-state index is 5.85. The van der Waals surface area contributed by atoms with Gasteiger partial charge in [-0.15, -0.1) is 0 Å². The number of hydrogen-bond donors (Lipinski definition) is 1. The molecule has 1 atom stereocenters. The molecule has 1 aliphatic heterocycles. The molecule has 3 nitrogen and oxygen atoms in total. The van der Waals surface area contributed by atoms with Crippen LogP contribution in [0.3, 0.4) is 0 Å². The van der Waals surface area contributed by atoms with Crippen LogP contribution in [0.2, 0.25) is 0 Å². The van der Waals surface area contributed by atoms with E-state index in [1.54, 1.807) is 0 Å². The molecule has 2 N–H and O–H groups in total. The lowest BCUT2D eigenvalue weighted by Gasteiger charge is -2.22. The fraction of sp³-hybridized carbons (Fsp3) is 0.571. The molecule has 0 bridgehead atoms. The molecule has 1 heterocycles. The summed E-state index contributed by atoms with van der Waals surface area (Å²) in [4.78, 5) is 0. The van der Waals surface area contributed by atoms with Crippen LogP contribution in [0.25, 0.3) is 0 Å². The van der Waals surface area contributed by atoms with Crippen molar-refractivity contribution in [1.29, 1.82) is 0 Å². The predicted octanol–water partition coefficient (Wildman–Crippen LogP) is 2.51. The van der Waals surface area contributed by atoms with Crippen LogP contribution in [-0.4, -0.2) is 19.8 Å². The Balaban J connectivity index is 1.87. The van der Waals surface area contributed by atoms with E-state index in [4.69, 9.17) is 15.2 Å². The Hall–Kier alpha value is -1.06. The Morgan fingerprint density at radius 1 is 1.41 bits per heavy atom. The summed E-state index contributed by atoms with van der Waals surface area (Å²) in [6.07, 6.45) is 2.21. The largest absolute Gasteiger partial charge is 0.493 e. The average Bonchev–Trinajstić information content (AvgIpc) is 2.38. The molecule has 1 aromatic carbocycles. The third-order valence-corrected chi connectivity index (χ3v) is 3.21. The highest BCUT2D eigenvalue weighted by Crippen LogP contribution is 2.20. The summed E-state index contributed by atoms with van der Waals surface area (Å²) >= 11 is 0. The van der Waals surface area contributed by atoms with Gasteiger partial charge in [0.1, 0.15) is 5.75 Å². The molecule has 94 valence electrons. The molecule has 0 spiro atoms. The zero-order valence-corrected chi connectivity index (χ0v) is 10.4. The SMILES string of the molecule is C[C@H](N)c1cccc(OCC2CCOCC2)c1. The van der Waals surface area contributed by atoms with Gasteiger partial charge in [-0.2, -0.15) is 0 Å². The van der Waals surface area contributed by atoms with E-state index in [0.29, 0.717) is 5.92 Å². The van der Waals surface area contributed by atoms with Crippen molar-refractivity contribution < 1.29 is 9.47 Å². The Morgan fingerprint density at radius 3 is 2.88 bits per heavy atom. The lowest BCUT2D eigenvalue weighted by Crippen LogP contribution is -2.21. The van der Waals surface area contributed by atoms with Gasteiger partial charge in [0.25, 0.3) is 0 Å². The zero-order chi connectivity index (χ0) is 12.1. The highest BCUT2D eigenvalue weighted by atomic mass is 16.5. The molecule has 0 unspecified atom stereocenters. The number of benzene rings is 1. The summed E-state index contributed by atoms with van der Waals surface area (Å²) in [5.41, 5.74) is 6.97. The van der Waals surface area contributed by atoms with E-state index in [1.807, 2.05) is 31.2 Å². The van der Waals surface area contributed by atoms with Crippen LogP contribution >= 0.6 is 0 Å². The second-order valence-corrected chi connectivity index (χ2v) is 4.73. The summed E-state index contributed by atoms with van der Waals surface area (Å²) in [6.45, 7) is 4.51. The molecule has 0 radical (unpaired) electrons. The fourth-order valence-corrected chi connectivity index (χ4v) is 2.01. The summed E-state index contributed by atoms with van der Waals surface area (Å²) in [6, 6.07) is 8.11. The van der Waals surface area contributed by atoms with Crippen LogP contribution in [0, 0.1) is 5.92 Å². The molecule has 0 saturated carbocycles. The Morgan fingerprint density at radius 2 is 2.18 bits per heavy atom.